The normalized spacial score (nSPS) is 9.76. The van der Waals surface area contributed by atoms with E-state index in [1.165, 1.54) is 32.4 Å². The van der Waals surface area contributed by atoms with Gasteiger partial charge in [-0.15, -0.1) is 0 Å². The molecule has 0 aromatic heterocycles. The van der Waals surface area contributed by atoms with Crippen LogP contribution in [-0.4, -0.2) is 37.8 Å². The van der Waals surface area contributed by atoms with Crippen molar-refractivity contribution in [1.82, 2.24) is 0 Å². The van der Waals surface area contributed by atoms with E-state index in [1.54, 1.807) is 0 Å². The lowest BCUT2D eigenvalue weighted by Gasteiger charge is -2.09. The fourth-order valence-electron chi connectivity index (χ4n) is 1.26. The molecule has 6 heteroatoms. The van der Waals surface area contributed by atoms with E-state index in [2.05, 4.69) is 10.1 Å². The van der Waals surface area contributed by atoms with Crippen LogP contribution < -0.4 is 10.1 Å². The number of aromatic carboxylic acids is 1. The van der Waals surface area contributed by atoms with Gasteiger partial charge in [0.1, 0.15) is 12.4 Å². The Morgan fingerprint density at radius 3 is 2.59 bits per heavy atom. The summed E-state index contributed by atoms with van der Waals surface area (Å²) in [7, 11) is 2.83. The highest BCUT2D eigenvalue weighted by Gasteiger charge is 2.13. The third-order valence-electron chi connectivity index (χ3n) is 2.01. The van der Waals surface area contributed by atoms with Gasteiger partial charge in [-0.3, -0.25) is 4.79 Å². The average molecular weight is 239 g/mol. The quantitative estimate of drug-likeness (QED) is 0.800. The number of hydrogen-bond acceptors (Lipinski definition) is 4. The van der Waals surface area contributed by atoms with E-state index in [1.807, 2.05) is 0 Å². The second-order valence-electron chi connectivity index (χ2n) is 3.20. The van der Waals surface area contributed by atoms with Crippen LogP contribution in [0, 0.1) is 0 Å². The molecule has 0 unspecified atom stereocenters. The number of ether oxygens (including phenoxy) is 2. The molecule has 2 N–H and O–H groups in total. The highest BCUT2D eigenvalue weighted by atomic mass is 16.5. The number of hydrogen-bond donors (Lipinski definition) is 2. The number of methoxy groups -OCH3 is 2. The zero-order valence-electron chi connectivity index (χ0n) is 9.52. The molecule has 0 heterocycles. The van der Waals surface area contributed by atoms with Crippen molar-refractivity contribution in [2.75, 3.05) is 26.1 Å². The van der Waals surface area contributed by atoms with Gasteiger partial charge in [0.25, 0.3) is 0 Å². The fourth-order valence-corrected chi connectivity index (χ4v) is 1.26. The van der Waals surface area contributed by atoms with Gasteiger partial charge in [0.15, 0.2) is 0 Å². The summed E-state index contributed by atoms with van der Waals surface area (Å²) in [5.74, 6) is -1.09. The molecule has 0 radical (unpaired) electrons. The molecule has 0 fully saturated rings. The number of carboxylic acid groups (broad SMARTS) is 1. The van der Waals surface area contributed by atoms with Crippen molar-refractivity contribution in [1.29, 1.82) is 0 Å². The van der Waals surface area contributed by atoms with E-state index < -0.39 is 11.9 Å². The number of amides is 1. The maximum Gasteiger partial charge on any atom is 0.337 e. The Morgan fingerprint density at radius 1 is 1.35 bits per heavy atom. The second kappa shape index (κ2) is 5.86. The standard InChI is InChI=1S/C11H13NO5/c1-16-6-10(13)12-9-5-7(17-2)3-4-8(9)11(14)15/h3-5H,6H2,1-2H3,(H,12,13)(H,14,15). The molecule has 1 rings (SSSR count). The molecule has 0 aliphatic carbocycles. The zero-order chi connectivity index (χ0) is 12.8. The Hall–Kier alpha value is -2.08. The smallest absolute Gasteiger partial charge is 0.337 e. The molecule has 0 saturated carbocycles. The van der Waals surface area contributed by atoms with Crippen LogP contribution >= 0.6 is 0 Å². The third-order valence-corrected chi connectivity index (χ3v) is 2.01. The zero-order valence-corrected chi connectivity index (χ0v) is 9.52. The molecule has 6 nitrogen and oxygen atoms in total. The maximum absolute atomic E-state index is 11.3. The molecule has 0 aliphatic rings. The molecule has 1 aromatic carbocycles. The van der Waals surface area contributed by atoms with Gasteiger partial charge in [-0.25, -0.2) is 4.79 Å². The molecule has 0 atom stereocenters. The van der Waals surface area contributed by atoms with Crippen molar-refractivity contribution in [3.8, 4) is 5.75 Å². The number of nitrogens with one attached hydrogen (secondary N) is 1. The van der Waals surface area contributed by atoms with Crippen LogP contribution in [0.5, 0.6) is 5.75 Å². The van der Waals surface area contributed by atoms with Crippen molar-refractivity contribution in [3.05, 3.63) is 23.8 Å². The first kappa shape index (κ1) is 13.0. The van der Waals surface area contributed by atoms with E-state index in [4.69, 9.17) is 9.84 Å². The largest absolute Gasteiger partial charge is 0.497 e. The first-order valence-corrected chi connectivity index (χ1v) is 4.78. The first-order chi connectivity index (χ1) is 8.08. The van der Waals surface area contributed by atoms with Gasteiger partial charge >= 0.3 is 5.97 Å². The predicted octanol–water partition coefficient (Wildman–Crippen LogP) is 0.978. The van der Waals surface area contributed by atoms with Crippen LogP contribution in [-0.2, 0) is 9.53 Å². The molecule has 92 valence electrons. The van der Waals surface area contributed by atoms with Crippen LogP contribution in [0.4, 0.5) is 5.69 Å². The number of rotatable bonds is 5. The maximum atomic E-state index is 11.3. The molecular weight excluding hydrogens is 226 g/mol. The van der Waals surface area contributed by atoms with Gasteiger partial charge in [0.2, 0.25) is 5.91 Å². The van der Waals surface area contributed by atoms with Crippen molar-refractivity contribution < 1.29 is 24.2 Å². The summed E-state index contributed by atoms with van der Waals surface area (Å²) in [6, 6.07) is 4.32. The summed E-state index contributed by atoms with van der Waals surface area (Å²) in [6.45, 7) is -0.143. The average Bonchev–Trinajstić information content (AvgIpc) is 2.28. The lowest BCUT2D eigenvalue weighted by Crippen LogP contribution is -2.19. The van der Waals surface area contributed by atoms with Crippen molar-refractivity contribution in [3.63, 3.8) is 0 Å². The summed E-state index contributed by atoms with van der Waals surface area (Å²) >= 11 is 0. The topological polar surface area (TPSA) is 84.9 Å². The van der Waals surface area contributed by atoms with Crippen LogP contribution in [0.3, 0.4) is 0 Å². The number of carboxylic acids is 1. The molecule has 17 heavy (non-hydrogen) atoms. The monoisotopic (exact) mass is 239 g/mol. The van der Waals surface area contributed by atoms with Crippen LogP contribution in [0.25, 0.3) is 0 Å². The van der Waals surface area contributed by atoms with Crippen LogP contribution in [0.1, 0.15) is 10.4 Å². The minimum Gasteiger partial charge on any atom is -0.497 e. The number of benzene rings is 1. The summed E-state index contributed by atoms with van der Waals surface area (Å²) in [4.78, 5) is 22.3. The van der Waals surface area contributed by atoms with Crippen molar-refractivity contribution in [2.24, 2.45) is 0 Å². The molecule has 0 saturated heterocycles. The molecule has 0 spiro atoms. The minimum absolute atomic E-state index is 0.00440. The summed E-state index contributed by atoms with van der Waals surface area (Å²) in [5.41, 5.74) is 0.175. The van der Waals surface area contributed by atoms with E-state index in [-0.39, 0.29) is 17.9 Å². The van der Waals surface area contributed by atoms with Crippen molar-refractivity contribution in [2.45, 2.75) is 0 Å². The highest BCUT2D eigenvalue weighted by Crippen LogP contribution is 2.22. The fraction of sp³-hybridized carbons (Fsp3) is 0.273. The Kier molecular flexibility index (Phi) is 4.47. The van der Waals surface area contributed by atoms with Crippen LogP contribution in [0.2, 0.25) is 0 Å². The number of anilines is 1. The van der Waals surface area contributed by atoms with Gasteiger partial charge in [0, 0.05) is 13.2 Å². The Balaban J connectivity index is 3.00. The van der Waals surface area contributed by atoms with E-state index >= 15 is 0 Å². The van der Waals surface area contributed by atoms with Gasteiger partial charge in [0.05, 0.1) is 18.4 Å². The van der Waals surface area contributed by atoms with E-state index in [0.717, 1.165) is 0 Å². The number of carbonyl (C=O) groups is 2. The molecule has 1 aromatic rings. The Labute approximate surface area is 98.2 Å². The lowest BCUT2D eigenvalue weighted by molar-refractivity contribution is -0.119. The first-order valence-electron chi connectivity index (χ1n) is 4.78. The molecule has 0 aliphatic heterocycles. The third kappa shape index (κ3) is 3.46. The van der Waals surface area contributed by atoms with E-state index in [0.29, 0.717) is 5.75 Å². The lowest BCUT2D eigenvalue weighted by atomic mass is 10.1. The van der Waals surface area contributed by atoms with Crippen LogP contribution in [0.15, 0.2) is 18.2 Å². The summed E-state index contributed by atoms with van der Waals surface area (Å²) < 4.78 is 9.60. The molecule has 0 bridgehead atoms. The Bertz CT molecular complexity index is 430. The van der Waals surface area contributed by atoms with Gasteiger partial charge in [-0.1, -0.05) is 0 Å². The summed E-state index contributed by atoms with van der Waals surface area (Å²) in [5, 5.41) is 11.4. The Morgan fingerprint density at radius 2 is 2.06 bits per heavy atom. The predicted molar refractivity (Wildman–Crippen MR) is 60.5 cm³/mol. The SMILES string of the molecule is COCC(=O)Nc1cc(OC)ccc1C(=O)O. The number of carbonyl (C=O) groups excluding carboxylic acids is 1. The second-order valence-corrected chi connectivity index (χ2v) is 3.20. The van der Waals surface area contributed by atoms with Gasteiger partial charge < -0.3 is 19.9 Å². The highest BCUT2D eigenvalue weighted by molar-refractivity contribution is 6.01. The van der Waals surface area contributed by atoms with Gasteiger partial charge in [-0.2, -0.15) is 0 Å². The minimum atomic E-state index is -1.12. The van der Waals surface area contributed by atoms with Crippen molar-refractivity contribution >= 4 is 17.6 Å². The molecular formula is C11H13NO5. The summed E-state index contributed by atoms with van der Waals surface area (Å²) in [6.07, 6.45) is 0. The van der Waals surface area contributed by atoms with Gasteiger partial charge in [-0.05, 0) is 12.1 Å². The van der Waals surface area contributed by atoms with E-state index in [9.17, 15) is 9.59 Å². The molecule has 1 amide bonds.